The van der Waals surface area contributed by atoms with Crippen molar-refractivity contribution >= 4 is 0 Å². The lowest BCUT2D eigenvalue weighted by Crippen LogP contribution is -2.28. The molecule has 0 aromatic carbocycles. The number of rotatable bonds is 3. The van der Waals surface area contributed by atoms with Crippen LogP contribution < -0.4 is 10.9 Å². The van der Waals surface area contributed by atoms with Crippen LogP contribution in [-0.4, -0.2) is 11.0 Å². The van der Waals surface area contributed by atoms with E-state index in [0.717, 1.165) is 12.2 Å². The molecule has 2 N–H and O–H groups in total. The van der Waals surface area contributed by atoms with Gasteiger partial charge < -0.3 is 10.3 Å². The summed E-state index contributed by atoms with van der Waals surface area (Å²) in [7, 11) is 0. The highest BCUT2D eigenvalue weighted by atomic mass is 16.1. The fourth-order valence-corrected chi connectivity index (χ4v) is 2.33. The van der Waals surface area contributed by atoms with Gasteiger partial charge in [0.25, 0.3) is 0 Å². The molecule has 1 heterocycles. The summed E-state index contributed by atoms with van der Waals surface area (Å²) in [5.41, 5.74) is 0.969. The Labute approximate surface area is 96.3 Å². The van der Waals surface area contributed by atoms with E-state index in [1.807, 2.05) is 12.1 Å². The Morgan fingerprint density at radius 3 is 2.62 bits per heavy atom. The van der Waals surface area contributed by atoms with E-state index >= 15 is 0 Å². The topological polar surface area (TPSA) is 44.9 Å². The highest BCUT2D eigenvalue weighted by molar-refractivity contribution is 5.03. The minimum Gasteiger partial charge on any atom is -0.325 e. The molecule has 0 bridgehead atoms. The first kappa shape index (κ1) is 11.4. The van der Waals surface area contributed by atoms with Gasteiger partial charge in [-0.1, -0.05) is 31.7 Å². The molecule has 1 aromatic rings. The van der Waals surface area contributed by atoms with Gasteiger partial charge in [0.1, 0.15) is 0 Å². The van der Waals surface area contributed by atoms with Gasteiger partial charge in [-0.2, -0.15) is 0 Å². The molecule has 2 rings (SSSR count). The van der Waals surface area contributed by atoms with Gasteiger partial charge in [-0.05, 0) is 18.9 Å². The Morgan fingerprint density at radius 1 is 1.19 bits per heavy atom. The predicted octanol–water partition coefficient (Wildman–Crippen LogP) is 2.19. The highest BCUT2D eigenvalue weighted by Crippen LogP contribution is 2.17. The van der Waals surface area contributed by atoms with Crippen LogP contribution in [0.25, 0.3) is 0 Å². The molecule has 16 heavy (non-hydrogen) atoms. The maximum atomic E-state index is 11.1. The zero-order chi connectivity index (χ0) is 11.2. The molecule has 1 saturated carbocycles. The Kier molecular flexibility index (Phi) is 4.17. The summed E-state index contributed by atoms with van der Waals surface area (Å²) in [4.78, 5) is 14.0. The van der Waals surface area contributed by atoms with E-state index in [2.05, 4.69) is 10.3 Å². The quantitative estimate of drug-likeness (QED) is 0.767. The fourth-order valence-electron chi connectivity index (χ4n) is 2.33. The monoisotopic (exact) mass is 220 g/mol. The van der Waals surface area contributed by atoms with Crippen molar-refractivity contribution in [1.29, 1.82) is 0 Å². The third kappa shape index (κ3) is 3.49. The fraction of sp³-hybridized carbons (Fsp3) is 0.615. The van der Waals surface area contributed by atoms with Gasteiger partial charge in [-0.15, -0.1) is 0 Å². The summed E-state index contributed by atoms with van der Waals surface area (Å²) < 4.78 is 0. The van der Waals surface area contributed by atoms with Crippen LogP contribution in [0.1, 0.15) is 44.2 Å². The summed E-state index contributed by atoms with van der Waals surface area (Å²) in [6.45, 7) is 0.779. The molecule has 0 unspecified atom stereocenters. The smallest absolute Gasteiger partial charge is 0.248 e. The molecule has 1 aromatic heterocycles. The first-order chi connectivity index (χ1) is 7.84. The van der Waals surface area contributed by atoms with E-state index in [0.29, 0.717) is 6.04 Å². The maximum absolute atomic E-state index is 11.1. The van der Waals surface area contributed by atoms with Crippen LogP contribution in [0.4, 0.5) is 0 Å². The van der Waals surface area contributed by atoms with Gasteiger partial charge in [0.05, 0.1) is 0 Å². The molecule has 1 fully saturated rings. The van der Waals surface area contributed by atoms with E-state index in [9.17, 15) is 4.79 Å². The number of hydrogen-bond donors (Lipinski definition) is 2. The van der Waals surface area contributed by atoms with Crippen LogP contribution in [0.15, 0.2) is 23.0 Å². The van der Waals surface area contributed by atoms with Gasteiger partial charge in [-0.25, -0.2) is 0 Å². The Bertz CT molecular complexity index is 364. The van der Waals surface area contributed by atoms with Crippen molar-refractivity contribution in [3.63, 3.8) is 0 Å². The minimum absolute atomic E-state index is 0.0137. The van der Waals surface area contributed by atoms with Crippen molar-refractivity contribution in [2.45, 2.75) is 51.1 Å². The van der Waals surface area contributed by atoms with Crippen molar-refractivity contribution in [3.05, 3.63) is 34.2 Å². The summed E-state index contributed by atoms with van der Waals surface area (Å²) in [6.07, 6.45) is 7.97. The third-order valence-electron chi connectivity index (χ3n) is 3.27. The molecule has 0 spiro atoms. The van der Waals surface area contributed by atoms with Crippen LogP contribution >= 0.6 is 0 Å². The first-order valence-corrected chi connectivity index (χ1v) is 6.26. The van der Waals surface area contributed by atoms with Gasteiger partial charge in [-0.3, -0.25) is 4.79 Å². The number of H-pyrrole nitrogens is 1. The highest BCUT2D eigenvalue weighted by Gasteiger charge is 2.11. The molecule has 0 saturated heterocycles. The minimum atomic E-state index is -0.0137. The average Bonchev–Trinajstić information content (AvgIpc) is 2.55. The second-order valence-corrected chi connectivity index (χ2v) is 4.61. The standard InChI is InChI=1S/C13H20N2O/c16-13-9-5-8-12(15-13)10-14-11-6-3-1-2-4-7-11/h5,8-9,11,14H,1-4,6-7,10H2,(H,15,16). The Balaban J connectivity index is 1.84. The lowest BCUT2D eigenvalue weighted by molar-refractivity contribution is 0.456. The number of aromatic nitrogens is 1. The molecule has 88 valence electrons. The van der Waals surface area contributed by atoms with Crippen molar-refractivity contribution < 1.29 is 0 Å². The second-order valence-electron chi connectivity index (χ2n) is 4.61. The zero-order valence-electron chi connectivity index (χ0n) is 9.67. The largest absolute Gasteiger partial charge is 0.325 e. The van der Waals surface area contributed by atoms with Crippen LogP contribution in [0.3, 0.4) is 0 Å². The second kappa shape index (κ2) is 5.85. The van der Waals surface area contributed by atoms with Gasteiger partial charge in [0, 0.05) is 24.3 Å². The summed E-state index contributed by atoms with van der Waals surface area (Å²) in [6, 6.07) is 5.95. The molecular weight excluding hydrogens is 200 g/mol. The van der Waals surface area contributed by atoms with Crippen LogP contribution in [0, 0.1) is 0 Å². The zero-order valence-corrected chi connectivity index (χ0v) is 9.67. The van der Waals surface area contributed by atoms with Crippen molar-refractivity contribution in [2.75, 3.05) is 0 Å². The van der Waals surface area contributed by atoms with Gasteiger partial charge >= 0.3 is 0 Å². The molecule has 1 aliphatic rings. The SMILES string of the molecule is O=c1cccc(CNC2CCCCCC2)[nH]1. The average molecular weight is 220 g/mol. The van der Waals surface area contributed by atoms with Crippen LogP contribution in [0.5, 0.6) is 0 Å². The van der Waals surface area contributed by atoms with Crippen LogP contribution in [-0.2, 0) is 6.54 Å². The summed E-state index contributed by atoms with van der Waals surface area (Å²) in [5, 5.41) is 3.53. The van der Waals surface area contributed by atoms with Crippen molar-refractivity contribution in [1.82, 2.24) is 10.3 Å². The lowest BCUT2D eigenvalue weighted by atomic mass is 10.1. The first-order valence-electron chi connectivity index (χ1n) is 6.26. The van der Waals surface area contributed by atoms with Gasteiger partial charge in [0.15, 0.2) is 0 Å². The Morgan fingerprint density at radius 2 is 1.94 bits per heavy atom. The van der Waals surface area contributed by atoms with E-state index in [1.54, 1.807) is 6.07 Å². The molecule has 3 nitrogen and oxygen atoms in total. The summed E-state index contributed by atoms with van der Waals surface area (Å²) >= 11 is 0. The van der Waals surface area contributed by atoms with E-state index in [-0.39, 0.29) is 5.56 Å². The number of nitrogens with one attached hydrogen (secondary N) is 2. The van der Waals surface area contributed by atoms with Crippen molar-refractivity contribution in [2.24, 2.45) is 0 Å². The van der Waals surface area contributed by atoms with E-state index < -0.39 is 0 Å². The Hall–Kier alpha value is -1.09. The van der Waals surface area contributed by atoms with E-state index in [1.165, 1.54) is 38.5 Å². The molecule has 1 aliphatic carbocycles. The summed E-state index contributed by atoms with van der Waals surface area (Å²) in [5.74, 6) is 0. The van der Waals surface area contributed by atoms with Crippen LogP contribution in [0.2, 0.25) is 0 Å². The maximum Gasteiger partial charge on any atom is 0.248 e. The lowest BCUT2D eigenvalue weighted by Gasteiger charge is -2.15. The molecule has 0 atom stereocenters. The third-order valence-corrected chi connectivity index (χ3v) is 3.27. The molecule has 0 amide bonds. The molecule has 0 radical (unpaired) electrons. The number of hydrogen-bond acceptors (Lipinski definition) is 2. The molecule has 0 aliphatic heterocycles. The predicted molar refractivity (Wildman–Crippen MR) is 65.4 cm³/mol. The van der Waals surface area contributed by atoms with Gasteiger partial charge in [0.2, 0.25) is 5.56 Å². The van der Waals surface area contributed by atoms with E-state index in [4.69, 9.17) is 0 Å². The van der Waals surface area contributed by atoms with Crippen molar-refractivity contribution in [3.8, 4) is 0 Å². The number of aromatic amines is 1. The normalized spacial score (nSPS) is 18.2. The number of pyridine rings is 1. The molecular formula is C13H20N2O. The molecule has 3 heteroatoms.